The molecule has 0 bridgehead atoms. The first-order valence-electron chi connectivity index (χ1n) is 8.64. The van der Waals surface area contributed by atoms with Crippen molar-refractivity contribution >= 4 is 17.2 Å². The standard InChI is InChI=1S/C20H23N3O2/c1-4-8-16-19(23-12-11-14(3)13-18(23)21-16)20(24)22-15-9-6-7-10-17(15)25-5-2/h6-7,9-13H,4-5,8H2,1-3H3,(H,22,24). The molecule has 0 spiro atoms. The summed E-state index contributed by atoms with van der Waals surface area (Å²) in [5.74, 6) is 0.493. The molecule has 0 saturated heterocycles. The fourth-order valence-electron chi connectivity index (χ4n) is 2.88. The maximum atomic E-state index is 13.0. The van der Waals surface area contributed by atoms with Crippen molar-refractivity contribution in [1.82, 2.24) is 9.38 Å². The lowest BCUT2D eigenvalue weighted by molar-refractivity contribution is 0.102. The van der Waals surface area contributed by atoms with E-state index in [1.165, 1.54) is 0 Å². The van der Waals surface area contributed by atoms with Crippen LogP contribution in [0.2, 0.25) is 0 Å². The zero-order valence-corrected chi connectivity index (χ0v) is 14.9. The summed E-state index contributed by atoms with van der Waals surface area (Å²) >= 11 is 0. The summed E-state index contributed by atoms with van der Waals surface area (Å²) in [4.78, 5) is 17.7. The summed E-state index contributed by atoms with van der Waals surface area (Å²) in [6.07, 6.45) is 3.59. The van der Waals surface area contributed by atoms with Gasteiger partial charge in [0.15, 0.2) is 0 Å². The summed E-state index contributed by atoms with van der Waals surface area (Å²) in [6.45, 7) is 6.57. The minimum atomic E-state index is -0.174. The Hall–Kier alpha value is -2.82. The topological polar surface area (TPSA) is 55.6 Å². The van der Waals surface area contributed by atoms with Crippen molar-refractivity contribution in [3.8, 4) is 5.75 Å². The van der Waals surface area contributed by atoms with E-state index in [0.29, 0.717) is 23.7 Å². The van der Waals surface area contributed by atoms with Gasteiger partial charge >= 0.3 is 0 Å². The van der Waals surface area contributed by atoms with Gasteiger partial charge in [0.05, 0.1) is 18.0 Å². The highest BCUT2D eigenvalue weighted by Gasteiger charge is 2.20. The Labute approximate surface area is 147 Å². The first-order chi connectivity index (χ1) is 12.1. The second kappa shape index (κ2) is 7.38. The van der Waals surface area contributed by atoms with E-state index >= 15 is 0 Å². The molecule has 1 amide bonds. The number of nitrogens with zero attached hydrogens (tertiary/aromatic N) is 2. The number of nitrogens with one attached hydrogen (secondary N) is 1. The molecule has 25 heavy (non-hydrogen) atoms. The Morgan fingerprint density at radius 2 is 2.04 bits per heavy atom. The average Bonchev–Trinajstić information content (AvgIpc) is 2.94. The van der Waals surface area contributed by atoms with E-state index in [4.69, 9.17) is 4.74 Å². The van der Waals surface area contributed by atoms with Crippen LogP contribution in [0.3, 0.4) is 0 Å². The first-order valence-corrected chi connectivity index (χ1v) is 8.64. The fraction of sp³-hybridized carbons (Fsp3) is 0.300. The van der Waals surface area contributed by atoms with Gasteiger partial charge in [0.25, 0.3) is 5.91 Å². The van der Waals surface area contributed by atoms with E-state index in [2.05, 4.69) is 17.2 Å². The molecule has 0 atom stereocenters. The third kappa shape index (κ3) is 3.50. The molecule has 5 heteroatoms. The second-order valence-electron chi connectivity index (χ2n) is 5.97. The molecule has 2 aromatic heterocycles. The minimum Gasteiger partial charge on any atom is -0.492 e. The third-order valence-corrected chi connectivity index (χ3v) is 3.99. The monoisotopic (exact) mass is 337 g/mol. The highest BCUT2D eigenvalue weighted by Crippen LogP contribution is 2.25. The normalized spacial score (nSPS) is 10.8. The van der Waals surface area contributed by atoms with E-state index in [-0.39, 0.29) is 5.91 Å². The zero-order valence-electron chi connectivity index (χ0n) is 14.9. The molecule has 0 aliphatic rings. The molecule has 1 N–H and O–H groups in total. The van der Waals surface area contributed by atoms with Gasteiger partial charge in [-0.15, -0.1) is 0 Å². The van der Waals surface area contributed by atoms with Gasteiger partial charge in [-0.1, -0.05) is 25.5 Å². The van der Waals surface area contributed by atoms with E-state index in [0.717, 1.165) is 29.7 Å². The number of hydrogen-bond donors (Lipinski definition) is 1. The first kappa shape index (κ1) is 17.0. The predicted octanol–water partition coefficient (Wildman–Crippen LogP) is 4.25. The quantitative estimate of drug-likeness (QED) is 0.732. The lowest BCUT2D eigenvalue weighted by Crippen LogP contribution is -2.17. The Bertz CT molecular complexity index is 899. The minimum absolute atomic E-state index is 0.174. The zero-order chi connectivity index (χ0) is 17.8. The molecule has 0 radical (unpaired) electrons. The molecule has 0 aliphatic carbocycles. The Morgan fingerprint density at radius 1 is 1.24 bits per heavy atom. The van der Waals surface area contributed by atoms with Gasteiger partial charge < -0.3 is 10.1 Å². The van der Waals surface area contributed by atoms with Gasteiger partial charge in [-0.2, -0.15) is 0 Å². The SMILES string of the molecule is CCCc1nc2cc(C)ccn2c1C(=O)Nc1ccccc1OCC. The molecule has 0 aliphatic heterocycles. The Morgan fingerprint density at radius 3 is 2.80 bits per heavy atom. The molecular weight excluding hydrogens is 314 g/mol. The Balaban J connectivity index is 2.00. The molecule has 130 valence electrons. The molecule has 2 heterocycles. The molecular formula is C20H23N3O2. The maximum absolute atomic E-state index is 13.0. The molecule has 0 fully saturated rings. The van der Waals surface area contributed by atoms with E-state index < -0.39 is 0 Å². The molecule has 0 unspecified atom stereocenters. The number of carbonyl (C=O) groups excluding carboxylic acids is 1. The van der Waals surface area contributed by atoms with Crippen molar-refractivity contribution in [2.24, 2.45) is 0 Å². The highest BCUT2D eigenvalue weighted by molar-refractivity contribution is 6.05. The number of anilines is 1. The highest BCUT2D eigenvalue weighted by atomic mass is 16.5. The number of ether oxygens (including phenoxy) is 1. The summed E-state index contributed by atoms with van der Waals surface area (Å²) in [6, 6.07) is 11.4. The summed E-state index contributed by atoms with van der Waals surface area (Å²) in [5, 5.41) is 2.98. The van der Waals surface area contributed by atoms with Gasteiger partial charge in [-0.3, -0.25) is 9.20 Å². The number of carbonyl (C=O) groups is 1. The van der Waals surface area contributed by atoms with Crippen LogP contribution < -0.4 is 10.1 Å². The van der Waals surface area contributed by atoms with Crippen LogP contribution in [0.5, 0.6) is 5.75 Å². The van der Waals surface area contributed by atoms with Crippen molar-refractivity contribution in [3.05, 3.63) is 59.5 Å². The van der Waals surface area contributed by atoms with E-state index in [9.17, 15) is 4.79 Å². The van der Waals surface area contributed by atoms with Gasteiger partial charge in [-0.25, -0.2) is 4.98 Å². The number of benzene rings is 1. The van der Waals surface area contributed by atoms with Crippen LogP contribution in [0.1, 0.15) is 42.0 Å². The molecule has 0 saturated carbocycles. The van der Waals surface area contributed by atoms with Crippen LogP contribution >= 0.6 is 0 Å². The van der Waals surface area contributed by atoms with Crippen LogP contribution in [-0.2, 0) is 6.42 Å². The number of fused-ring (bicyclic) bond motifs is 1. The third-order valence-electron chi connectivity index (χ3n) is 3.99. The van der Waals surface area contributed by atoms with Crippen molar-refractivity contribution < 1.29 is 9.53 Å². The summed E-state index contributed by atoms with van der Waals surface area (Å²) < 4.78 is 7.46. The smallest absolute Gasteiger partial charge is 0.274 e. The number of amides is 1. The number of aryl methyl sites for hydroxylation is 2. The number of pyridine rings is 1. The maximum Gasteiger partial charge on any atom is 0.274 e. The van der Waals surface area contributed by atoms with Crippen molar-refractivity contribution in [2.45, 2.75) is 33.6 Å². The molecule has 1 aromatic carbocycles. The van der Waals surface area contributed by atoms with Crippen LogP contribution in [0.15, 0.2) is 42.6 Å². The average molecular weight is 337 g/mol. The van der Waals surface area contributed by atoms with Crippen molar-refractivity contribution in [3.63, 3.8) is 0 Å². The number of hydrogen-bond acceptors (Lipinski definition) is 3. The van der Waals surface area contributed by atoms with Gasteiger partial charge in [0.2, 0.25) is 0 Å². The fourth-order valence-corrected chi connectivity index (χ4v) is 2.88. The van der Waals surface area contributed by atoms with Crippen LogP contribution in [0.4, 0.5) is 5.69 Å². The van der Waals surface area contributed by atoms with Gasteiger partial charge in [-0.05, 0) is 50.1 Å². The van der Waals surface area contributed by atoms with Crippen molar-refractivity contribution in [2.75, 3.05) is 11.9 Å². The van der Waals surface area contributed by atoms with Gasteiger partial charge in [0.1, 0.15) is 17.1 Å². The number of para-hydroxylation sites is 2. The second-order valence-corrected chi connectivity index (χ2v) is 5.97. The molecule has 3 aromatic rings. The number of rotatable bonds is 6. The Kier molecular flexibility index (Phi) is 5.03. The number of imidazole rings is 1. The largest absolute Gasteiger partial charge is 0.492 e. The van der Waals surface area contributed by atoms with Crippen molar-refractivity contribution in [1.29, 1.82) is 0 Å². The summed E-state index contributed by atoms with van der Waals surface area (Å²) in [7, 11) is 0. The summed E-state index contributed by atoms with van der Waals surface area (Å²) in [5.41, 5.74) is 3.99. The van der Waals surface area contributed by atoms with Crippen LogP contribution in [-0.4, -0.2) is 21.9 Å². The lowest BCUT2D eigenvalue weighted by atomic mass is 10.2. The van der Waals surface area contributed by atoms with Crippen LogP contribution in [0, 0.1) is 6.92 Å². The van der Waals surface area contributed by atoms with E-state index in [1.54, 1.807) is 0 Å². The van der Waals surface area contributed by atoms with Gasteiger partial charge in [0, 0.05) is 6.20 Å². The molecule has 3 rings (SSSR count). The number of aromatic nitrogens is 2. The predicted molar refractivity (Wildman–Crippen MR) is 99.5 cm³/mol. The lowest BCUT2D eigenvalue weighted by Gasteiger charge is -2.12. The van der Waals surface area contributed by atoms with E-state index in [1.807, 2.05) is 60.8 Å². The molecule has 5 nitrogen and oxygen atoms in total. The van der Waals surface area contributed by atoms with Crippen LogP contribution in [0.25, 0.3) is 5.65 Å².